The number of nitrogens with one attached hydrogen (secondary N) is 2. The molecule has 34 heavy (non-hydrogen) atoms. The highest BCUT2D eigenvalue weighted by atomic mass is 32.2. The number of amides is 1. The minimum absolute atomic E-state index is 0.0347. The molecule has 0 atom stereocenters. The molecule has 0 saturated carbocycles. The number of likely N-dealkylation sites (N-methyl/N-ethyl adjacent to an activating group) is 1. The number of aromatic amines is 1. The Morgan fingerprint density at radius 1 is 1.12 bits per heavy atom. The Labute approximate surface area is 194 Å². The van der Waals surface area contributed by atoms with Crippen LogP contribution in [0.25, 0.3) is 16.7 Å². The van der Waals surface area contributed by atoms with Crippen molar-refractivity contribution in [1.29, 1.82) is 0 Å². The van der Waals surface area contributed by atoms with Crippen molar-refractivity contribution in [2.75, 3.05) is 18.9 Å². The maximum Gasteiger partial charge on any atom is 0.261 e. The Morgan fingerprint density at radius 2 is 1.82 bits per heavy atom. The summed E-state index contributed by atoms with van der Waals surface area (Å²) in [5, 5.41) is 7.18. The highest BCUT2D eigenvalue weighted by Gasteiger charge is 2.24. The van der Waals surface area contributed by atoms with Crippen LogP contribution in [-0.2, 0) is 14.8 Å². The van der Waals surface area contributed by atoms with Gasteiger partial charge in [-0.3, -0.25) is 14.4 Å². The van der Waals surface area contributed by atoms with Gasteiger partial charge in [0.15, 0.2) is 11.4 Å². The molecule has 2 heterocycles. The van der Waals surface area contributed by atoms with Crippen LogP contribution in [0.15, 0.2) is 70.7 Å². The van der Waals surface area contributed by atoms with E-state index in [0.717, 1.165) is 4.31 Å². The minimum Gasteiger partial charge on any atom is -0.323 e. The number of rotatable bonds is 7. The Balaban J connectivity index is 1.55. The number of hydrogen-bond acceptors (Lipinski definition) is 7. The monoisotopic (exact) mass is 480 g/mol. The standard InChI is InChI=1S/C22H20N6O5S/c1-14(29)15-7-9-16(10-8-15)34(32,33)27(2)12-20(30)26-18-5-3-4-6-19(18)28-21-17(11-25-28)22(31)24-13-23-21/h3-11,13H,12H2,1-2H3,(H,26,30)(H,23,24,31). The average Bonchev–Trinajstić information content (AvgIpc) is 3.24. The largest absolute Gasteiger partial charge is 0.323 e. The number of sulfonamides is 1. The van der Waals surface area contributed by atoms with Gasteiger partial charge < -0.3 is 10.3 Å². The highest BCUT2D eigenvalue weighted by molar-refractivity contribution is 7.89. The van der Waals surface area contributed by atoms with E-state index in [1.165, 1.54) is 55.4 Å². The third-order valence-electron chi connectivity index (χ3n) is 5.11. The minimum atomic E-state index is -3.96. The lowest BCUT2D eigenvalue weighted by atomic mass is 10.2. The molecule has 174 valence electrons. The lowest BCUT2D eigenvalue weighted by Gasteiger charge is -2.18. The zero-order valence-electron chi connectivity index (χ0n) is 18.2. The first kappa shape index (κ1) is 23.0. The van der Waals surface area contributed by atoms with Gasteiger partial charge in [0.2, 0.25) is 15.9 Å². The summed E-state index contributed by atoms with van der Waals surface area (Å²) in [6.45, 7) is 0.931. The number of hydrogen-bond donors (Lipinski definition) is 2. The highest BCUT2D eigenvalue weighted by Crippen LogP contribution is 2.22. The maximum absolute atomic E-state index is 12.8. The Morgan fingerprint density at radius 3 is 2.53 bits per heavy atom. The number of H-pyrrole nitrogens is 1. The number of Topliss-reactive ketones (excluding diaryl/α,β-unsaturated/α-hetero) is 1. The van der Waals surface area contributed by atoms with Crippen LogP contribution in [-0.4, -0.2) is 57.8 Å². The van der Waals surface area contributed by atoms with Gasteiger partial charge in [0, 0.05) is 12.6 Å². The number of anilines is 1. The number of aromatic nitrogens is 4. The number of fused-ring (bicyclic) bond motifs is 1. The molecule has 0 aliphatic heterocycles. The van der Waals surface area contributed by atoms with Crippen molar-refractivity contribution >= 4 is 38.4 Å². The molecule has 0 unspecified atom stereocenters. The quantitative estimate of drug-likeness (QED) is 0.382. The van der Waals surface area contributed by atoms with E-state index in [0.29, 0.717) is 22.6 Å². The number of benzene rings is 2. The molecule has 12 heteroatoms. The van der Waals surface area contributed by atoms with Crippen molar-refractivity contribution in [2.45, 2.75) is 11.8 Å². The van der Waals surface area contributed by atoms with Gasteiger partial charge in [-0.15, -0.1) is 0 Å². The molecule has 0 spiro atoms. The van der Waals surface area contributed by atoms with Gasteiger partial charge in [-0.1, -0.05) is 24.3 Å². The molecule has 0 aliphatic carbocycles. The van der Waals surface area contributed by atoms with Crippen LogP contribution < -0.4 is 10.9 Å². The van der Waals surface area contributed by atoms with Gasteiger partial charge >= 0.3 is 0 Å². The molecule has 4 rings (SSSR count). The molecule has 0 saturated heterocycles. The number of nitrogens with zero attached hydrogens (tertiary/aromatic N) is 4. The predicted octanol–water partition coefficient (Wildman–Crippen LogP) is 1.57. The van der Waals surface area contributed by atoms with Crippen molar-refractivity contribution in [3.8, 4) is 5.69 Å². The van der Waals surface area contributed by atoms with E-state index in [4.69, 9.17) is 0 Å². The van der Waals surface area contributed by atoms with Crippen molar-refractivity contribution in [2.24, 2.45) is 0 Å². The first-order valence-electron chi connectivity index (χ1n) is 10.1. The lowest BCUT2D eigenvalue weighted by molar-refractivity contribution is -0.116. The second kappa shape index (κ2) is 9.00. The van der Waals surface area contributed by atoms with Crippen LogP contribution in [0.2, 0.25) is 0 Å². The summed E-state index contributed by atoms with van der Waals surface area (Å²) < 4.78 is 28.0. The molecule has 2 aromatic carbocycles. The SMILES string of the molecule is CC(=O)c1ccc(S(=O)(=O)N(C)CC(=O)Nc2ccccc2-n2ncc3c(=O)[nH]cnc32)cc1. The van der Waals surface area contributed by atoms with Crippen LogP contribution in [0, 0.1) is 0 Å². The Hall–Kier alpha value is -4.16. The van der Waals surface area contributed by atoms with Gasteiger partial charge in [0.05, 0.1) is 35.3 Å². The molecule has 2 aromatic heterocycles. The maximum atomic E-state index is 12.8. The van der Waals surface area contributed by atoms with Crippen LogP contribution in [0.1, 0.15) is 17.3 Å². The summed E-state index contributed by atoms with van der Waals surface area (Å²) in [6, 6.07) is 12.2. The third-order valence-corrected chi connectivity index (χ3v) is 6.93. The molecule has 0 aliphatic rings. The fourth-order valence-electron chi connectivity index (χ4n) is 3.32. The molecular weight excluding hydrogens is 460 g/mol. The van der Waals surface area contributed by atoms with E-state index in [1.54, 1.807) is 24.3 Å². The van der Waals surface area contributed by atoms with E-state index in [9.17, 15) is 22.8 Å². The van der Waals surface area contributed by atoms with Gasteiger partial charge in [-0.2, -0.15) is 9.40 Å². The third kappa shape index (κ3) is 4.36. The van der Waals surface area contributed by atoms with Gasteiger partial charge in [-0.05, 0) is 31.2 Å². The molecule has 4 aromatic rings. The normalized spacial score (nSPS) is 11.6. The summed E-state index contributed by atoms with van der Waals surface area (Å²) in [5.74, 6) is -0.763. The molecule has 2 N–H and O–H groups in total. The summed E-state index contributed by atoms with van der Waals surface area (Å²) in [6.07, 6.45) is 2.63. The van der Waals surface area contributed by atoms with E-state index >= 15 is 0 Å². The average molecular weight is 481 g/mol. The fourth-order valence-corrected chi connectivity index (χ4v) is 4.44. The van der Waals surface area contributed by atoms with Crippen molar-refractivity contribution in [1.82, 2.24) is 24.1 Å². The number of ketones is 1. The van der Waals surface area contributed by atoms with Gasteiger partial charge in [0.1, 0.15) is 5.39 Å². The fraction of sp³-hybridized carbons (Fsp3) is 0.136. The second-order valence-corrected chi connectivity index (χ2v) is 9.48. The zero-order chi connectivity index (χ0) is 24.5. The van der Waals surface area contributed by atoms with Crippen molar-refractivity contribution < 1.29 is 18.0 Å². The second-order valence-electron chi connectivity index (χ2n) is 7.43. The molecule has 0 radical (unpaired) electrons. The first-order chi connectivity index (χ1) is 16.2. The Kier molecular flexibility index (Phi) is 6.09. The summed E-state index contributed by atoms with van der Waals surface area (Å²) in [4.78, 5) is 42.7. The van der Waals surface area contributed by atoms with E-state index < -0.39 is 22.5 Å². The van der Waals surface area contributed by atoms with Crippen LogP contribution >= 0.6 is 0 Å². The van der Waals surface area contributed by atoms with Gasteiger partial charge in [-0.25, -0.2) is 18.1 Å². The zero-order valence-corrected chi connectivity index (χ0v) is 19.0. The topological polar surface area (TPSA) is 147 Å². The lowest BCUT2D eigenvalue weighted by Crippen LogP contribution is -2.35. The summed E-state index contributed by atoms with van der Waals surface area (Å²) in [7, 11) is -2.67. The van der Waals surface area contributed by atoms with E-state index in [2.05, 4.69) is 20.4 Å². The van der Waals surface area contributed by atoms with Crippen LogP contribution in [0.4, 0.5) is 5.69 Å². The van der Waals surface area contributed by atoms with E-state index in [1.807, 2.05) is 0 Å². The first-order valence-corrected chi connectivity index (χ1v) is 11.5. The predicted molar refractivity (Wildman–Crippen MR) is 124 cm³/mol. The van der Waals surface area contributed by atoms with Crippen LogP contribution in [0.5, 0.6) is 0 Å². The molecule has 11 nitrogen and oxygen atoms in total. The summed E-state index contributed by atoms with van der Waals surface area (Å²) >= 11 is 0. The molecule has 1 amide bonds. The molecule has 0 fully saturated rings. The Bertz CT molecular complexity index is 1560. The van der Waals surface area contributed by atoms with Crippen molar-refractivity contribution in [3.05, 3.63) is 77.0 Å². The summed E-state index contributed by atoms with van der Waals surface area (Å²) in [5.41, 5.74) is 1.16. The number of para-hydroxylation sites is 2. The van der Waals surface area contributed by atoms with Crippen LogP contribution in [0.3, 0.4) is 0 Å². The molecule has 0 bridgehead atoms. The molecular formula is C22H20N6O5S. The van der Waals surface area contributed by atoms with Gasteiger partial charge in [0.25, 0.3) is 5.56 Å². The smallest absolute Gasteiger partial charge is 0.261 e. The number of carbonyl (C=O) groups excluding carboxylic acids is 2. The number of carbonyl (C=O) groups is 2. The van der Waals surface area contributed by atoms with Crippen molar-refractivity contribution in [3.63, 3.8) is 0 Å². The van der Waals surface area contributed by atoms with E-state index in [-0.39, 0.29) is 21.6 Å².